The highest BCUT2D eigenvalue weighted by molar-refractivity contribution is 9.10. The van der Waals surface area contributed by atoms with E-state index in [-0.39, 0.29) is 29.8 Å². The van der Waals surface area contributed by atoms with Crippen LogP contribution in [0.1, 0.15) is 6.92 Å². The molecule has 0 aliphatic carbocycles. The molecule has 1 unspecified atom stereocenters. The van der Waals surface area contributed by atoms with Gasteiger partial charge < -0.3 is 15.5 Å². The van der Waals surface area contributed by atoms with Gasteiger partial charge in [-0.2, -0.15) is 0 Å². The van der Waals surface area contributed by atoms with E-state index in [0.717, 1.165) is 6.07 Å². The SMILES string of the molecule is CC(CO)Nc1cc(Br)c(O)cc1[N+](=O)[O-]. The number of nitro benzene ring substituents is 1. The number of aliphatic hydroxyl groups excluding tert-OH is 1. The third-order valence-corrected chi connectivity index (χ3v) is 2.57. The first-order chi connectivity index (χ1) is 7.45. The molecule has 1 aromatic rings. The predicted molar refractivity (Wildman–Crippen MR) is 62.6 cm³/mol. The summed E-state index contributed by atoms with van der Waals surface area (Å²) >= 11 is 3.07. The lowest BCUT2D eigenvalue weighted by molar-refractivity contribution is -0.384. The Labute approximate surface area is 100 Å². The van der Waals surface area contributed by atoms with E-state index in [4.69, 9.17) is 5.11 Å². The minimum Gasteiger partial charge on any atom is -0.507 e. The summed E-state index contributed by atoms with van der Waals surface area (Å²) in [4.78, 5) is 10.1. The van der Waals surface area contributed by atoms with Crippen LogP contribution in [0.2, 0.25) is 0 Å². The minimum absolute atomic E-state index is 0.143. The molecule has 1 rings (SSSR count). The summed E-state index contributed by atoms with van der Waals surface area (Å²) in [7, 11) is 0. The van der Waals surface area contributed by atoms with E-state index >= 15 is 0 Å². The van der Waals surface area contributed by atoms with Crippen molar-refractivity contribution in [2.75, 3.05) is 11.9 Å². The molecule has 0 aromatic heterocycles. The number of rotatable bonds is 4. The van der Waals surface area contributed by atoms with Crippen molar-refractivity contribution in [1.82, 2.24) is 0 Å². The topological polar surface area (TPSA) is 95.6 Å². The Hall–Kier alpha value is -1.34. The minimum atomic E-state index is -0.599. The molecule has 88 valence electrons. The quantitative estimate of drug-likeness (QED) is 0.447. The summed E-state index contributed by atoms with van der Waals surface area (Å²) in [5.74, 6) is -0.200. The van der Waals surface area contributed by atoms with Gasteiger partial charge in [0.15, 0.2) is 0 Å². The Morgan fingerprint density at radius 2 is 2.25 bits per heavy atom. The summed E-state index contributed by atoms with van der Waals surface area (Å²) in [6.07, 6.45) is 0. The molecule has 0 amide bonds. The number of hydrogen-bond acceptors (Lipinski definition) is 5. The van der Waals surface area contributed by atoms with Crippen LogP contribution in [0.5, 0.6) is 5.75 Å². The molecule has 1 atom stereocenters. The average Bonchev–Trinajstić information content (AvgIpc) is 2.22. The van der Waals surface area contributed by atoms with Crippen LogP contribution in [-0.4, -0.2) is 27.8 Å². The molecule has 1 aromatic carbocycles. The second kappa shape index (κ2) is 5.13. The van der Waals surface area contributed by atoms with Crippen molar-refractivity contribution in [2.24, 2.45) is 0 Å². The van der Waals surface area contributed by atoms with Crippen molar-refractivity contribution in [3.05, 3.63) is 26.7 Å². The van der Waals surface area contributed by atoms with Crippen molar-refractivity contribution in [3.8, 4) is 5.75 Å². The highest BCUT2D eigenvalue weighted by atomic mass is 79.9. The largest absolute Gasteiger partial charge is 0.507 e. The third kappa shape index (κ3) is 2.83. The Bertz CT molecular complexity index is 411. The van der Waals surface area contributed by atoms with Crippen molar-refractivity contribution < 1.29 is 15.1 Å². The lowest BCUT2D eigenvalue weighted by Gasteiger charge is -2.13. The zero-order valence-electron chi connectivity index (χ0n) is 8.48. The Morgan fingerprint density at radius 3 is 2.75 bits per heavy atom. The van der Waals surface area contributed by atoms with E-state index in [2.05, 4.69) is 21.2 Å². The molecule has 7 heteroatoms. The van der Waals surface area contributed by atoms with Gasteiger partial charge in [0.25, 0.3) is 5.69 Å². The van der Waals surface area contributed by atoms with Crippen molar-refractivity contribution in [2.45, 2.75) is 13.0 Å². The highest BCUT2D eigenvalue weighted by Crippen LogP contribution is 2.35. The monoisotopic (exact) mass is 290 g/mol. The third-order valence-electron chi connectivity index (χ3n) is 1.94. The number of benzene rings is 1. The number of anilines is 1. The van der Waals surface area contributed by atoms with E-state index in [9.17, 15) is 15.2 Å². The first-order valence-electron chi connectivity index (χ1n) is 4.50. The number of nitrogens with one attached hydrogen (secondary N) is 1. The fourth-order valence-electron chi connectivity index (χ4n) is 1.13. The van der Waals surface area contributed by atoms with Crippen LogP contribution in [0.15, 0.2) is 16.6 Å². The molecule has 0 heterocycles. The lowest BCUT2D eigenvalue weighted by Crippen LogP contribution is -2.19. The molecule has 0 spiro atoms. The van der Waals surface area contributed by atoms with Crippen molar-refractivity contribution in [3.63, 3.8) is 0 Å². The smallest absolute Gasteiger partial charge is 0.296 e. The van der Waals surface area contributed by atoms with Gasteiger partial charge in [-0.3, -0.25) is 10.1 Å². The van der Waals surface area contributed by atoms with Crippen LogP contribution in [0.25, 0.3) is 0 Å². The Kier molecular flexibility index (Phi) is 4.08. The van der Waals surface area contributed by atoms with E-state index in [0.29, 0.717) is 4.47 Å². The molecule has 0 aliphatic heterocycles. The fourth-order valence-corrected chi connectivity index (χ4v) is 1.47. The molecule has 0 bridgehead atoms. The summed E-state index contributed by atoms with van der Waals surface area (Å²) in [5.41, 5.74) is 0.0113. The zero-order chi connectivity index (χ0) is 12.3. The van der Waals surface area contributed by atoms with Gasteiger partial charge in [0.1, 0.15) is 11.4 Å². The van der Waals surface area contributed by atoms with Gasteiger partial charge in [-0.05, 0) is 28.9 Å². The van der Waals surface area contributed by atoms with Crippen LogP contribution < -0.4 is 5.32 Å². The number of aromatic hydroxyl groups is 1. The zero-order valence-corrected chi connectivity index (χ0v) is 10.1. The average molecular weight is 291 g/mol. The van der Waals surface area contributed by atoms with E-state index in [1.54, 1.807) is 6.92 Å². The lowest BCUT2D eigenvalue weighted by atomic mass is 10.2. The Morgan fingerprint density at radius 1 is 1.62 bits per heavy atom. The van der Waals surface area contributed by atoms with E-state index in [1.165, 1.54) is 6.07 Å². The molecule has 0 aliphatic rings. The number of nitro groups is 1. The summed E-state index contributed by atoms with van der Waals surface area (Å²) < 4.78 is 0.353. The maximum absolute atomic E-state index is 10.7. The van der Waals surface area contributed by atoms with E-state index < -0.39 is 4.92 Å². The van der Waals surface area contributed by atoms with Gasteiger partial charge in [0, 0.05) is 6.04 Å². The Balaban J connectivity index is 3.14. The molecular formula is C9H11BrN2O4. The summed E-state index contributed by atoms with van der Waals surface area (Å²) in [6, 6.07) is 2.14. The molecule has 16 heavy (non-hydrogen) atoms. The van der Waals surface area contributed by atoms with Crippen LogP contribution in [-0.2, 0) is 0 Å². The number of nitrogens with zero attached hydrogens (tertiary/aromatic N) is 1. The first-order valence-corrected chi connectivity index (χ1v) is 5.29. The summed E-state index contributed by atoms with van der Waals surface area (Å²) in [6.45, 7) is 1.54. The first kappa shape index (κ1) is 12.7. The van der Waals surface area contributed by atoms with Gasteiger partial charge in [0.2, 0.25) is 0 Å². The van der Waals surface area contributed by atoms with Crippen LogP contribution in [0.4, 0.5) is 11.4 Å². The number of halogens is 1. The number of hydrogen-bond donors (Lipinski definition) is 3. The number of phenolic OH excluding ortho intramolecular Hbond substituents is 1. The van der Waals surface area contributed by atoms with Gasteiger partial charge in [-0.25, -0.2) is 0 Å². The summed E-state index contributed by atoms with van der Waals surface area (Å²) in [5, 5.41) is 31.7. The normalized spacial score (nSPS) is 12.2. The van der Waals surface area contributed by atoms with Gasteiger partial charge in [0.05, 0.1) is 22.1 Å². The molecule has 3 N–H and O–H groups in total. The van der Waals surface area contributed by atoms with Gasteiger partial charge >= 0.3 is 0 Å². The molecule has 0 fully saturated rings. The van der Waals surface area contributed by atoms with Crippen LogP contribution in [0, 0.1) is 10.1 Å². The highest BCUT2D eigenvalue weighted by Gasteiger charge is 2.18. The second-order valence-electron chi connectivity index (χ2n) is 3.31. The molecular weight excluding hydrogens is 280 g/mol. The molecule has 6 nitrogen and oxygen atoms in total. The molecule has 0 saturated heterocycles. The standard InChI is InChI=1S/C9H11BrN2O4/c1-5(4-13)11-7-2-6(10)9(14)3-8(7)12(15)16/h2-3,5,11,13-14H,4H2,1H3. The second-order valence-corrected chi connectivity index (χ2v) is 4.16. The van der Waals surface area contributed by atoms with Crippen LogP contribution >= 0.6 is 15.9 Å². The maximum atomic E-state index is 10.7. The number of phenols is 1. The van der Waals surface area contributed by atoms with Gasteiger partial charge in [-0.15, -0.1) is 0 Å². The van der Waals surface area contributed by atoms with E-state index in [1.807, 2.05) is 0 Å². The maximum Gasteiger partial charge on any atom is 0.296 e. The molecule has 0 radical (unpaired) electrons. The fraction of sp³-hybridized carbons (Fsp3) is 0.333. The molecule has 0 saturated carbocycles. The number of aliphatic hydroxyl groups is 1. The van der Waals surface area contributed by atoms with Crippen molar-refractivity contribution in [1.29, 1.82) is 0 Å². The van der Waals surface area contributed by atoms with Crippen molar-refractivity contribution >= 4 is 27.3 Å². The van der Waals surface area contributed by atoms with Crippen LogP contribution in [0.3, 0.4) is 0 Å². The van der Waals surface area contributed by atoms with Gasteiger partial charge in [-0.1, -0.05) is 0 Å². The predicted octanol–water partition coefficient (Wildman–Crippen LogP) is 1.86.